The first-order chi connectivity index (χ1) is 5.11. The molecule has 62 valence electrons. The third-order valence-corrected chi connectivity index (χ3v) is 2.46. The Labute approximate surface area is 67.8 Å². The van der Waals surface area contributed by atoms with Crippen LogP contribution in [0.1, 0.15) is 15.8 Å². The van der Waals surface area contributed by atoms with E-state index in [1.807, 2.05) is 6.92 Å². The Balaban J connectivity index is 2.76. The molecular formula is C7H9F2NS. The van der Waals surface area contributed by atoms with Crippen LogP contribution in [0, 0.1) is 6.92 Å². The van der Waals surface area contributed by atoms with Crippen LogP contribution in [0.15, 0.2) is 12.1 Å². The molecule has 0 bridgehead atoms. The monoisotopic (exact) mass is 177 g/mol. The van der Waals surface area contributed by atoms with E-state index >= 15 is 0 Å². The average molecular weight is 177 g/mol. The Morgan fingerprint density at radius 2 is 2.09 bits per heavy atom. The fraction of sp³-hybridized carbons (Fsp3) is 0.429. The van der Waals surface area contributed by atoms with Crippen LogP contribution in [-0.2, 0) is 0 Å². The molecule has 0 fully saturated rings. The van der Waals surface area contributed by atoms with Crippen molar-refractivity contribution in [3.63, 3.8) is 0 Å². The van der Waals surface area contributed by atoms with Crippen LogP contribution >= 0.6 is 11.3 Å². The van der Waals surface area contributed by atoms with Crippen molar-refractivity contribution in [2.75, 3.05) is 0 Å². The summed E-state index contributed by atoms with van der Waals surface area (Å²) in [7, 11) is 0. The molecule has 1 nitrogen and oxygen atoms in total. The lowest BCUT2D eigenvalue weighted by molar-refractivity contribution is 0.118. The van der Waals surface area contributed by atoms with Gasteiger partial charge in [-0.25, -0.2) is 8.78 Å². The number of hydrogen-bond donors (Lipinski definition) is 1. The molecule has 0 spiro atoms. The van der Waals surface area contributed by atoms with Gasteiger partial charge in [0.25, 0.3) is 6.43 Å². The van der Waals surface area contributed by atoms with Crippen molar-refractivity contribution in [3.05, 3.63) is 21.9 Å². The van der Waals surface area contributed by atoms with Gasteiger partial charge in [-0.05, 0) is 19.1 Å². The fourth-order valence-corrected chi connectivity index (χ4v) is 1.64. The summed E-state index contributed by atoms with van der Waals surface area (Å²) in [6, 6.07) is 2.33. The first kappa shape index (κ1) is 8.62. The second kappa shape index (κ2) is 3.28. The minimum absolute atomic E-state index is 0.553. The highest BCUT2D eigenvalue weighted by molar-refractivity contribution is 7.12. The van der Waals surface area contributed by atoms with Crippen molar-refractivity contribution in [3.8, 4) is 0 Å². The summed E-state index contributed by atoms with van der Waals surface area (Å²) in [5.74, 6) is 0. The summed E-state index contributed by atoms with van der Waals surface area (Å²) in [6.07, 6.45) is -2.46. The molecule has 1 rings (SSSR count). The minimum Gasteiger partial charge on any atom is -0.319 e. The molecule has 0 saturated carbocycles. The molecule has 0 radical (unpaired) electrons. The lowest BCUT2D eigenvalue weighted by Gasteiger charge is -2.06. The third-order valence-electron chi connectivity index (χ3n) is 1.36. The Kier molecular flexibility index (Phi) is 2.57. The van der Waals surface area contributed by atoms with Crippen LogP contribution in [0.5, 0.6) is 0 Å². The van der Waals surface area contributed by atoms with Gasteiger partial charge in [0.05, 0.1) is 0 Å². The van der Waals surface area contributed by atoms with Gasteiger partial charge < -0.3 is 5.73 Å². The molecule has 11 heavy (non-hydrogen) atoms. The molecule has 0 aromatic carbocycles. The predicted molar refractivity (Wildman–Crippen MR) is 42.0 cm³/mol. The van der Waals surface area contributed by atoms with Crippen molar-refractivity contribution >= 4 is 11.3 Å². The van der Waals surface area contributed by atoms with Crippen LogP contribution in [0.4, 0.5) is 8.78 Å². The molecule has 0 saturated heterocycles. The number of rotatable bonds is 2. The first-order valence-corrected chi connectivity index (χ1v) is 4.03. The first-order valence-electron chi connectivity index (χ1n) is 3.21. The molecule has 1 heterocycles. The molecule has 1 atom stereocenters. The molecule has 0 aliphatic heterocycles. The van der Waals surface area contributed by atoms with Crippen LogP contribution < -0.4 is 5.73 Å². The van der Waals surface area contributed by atoms with E-state index in [1.165, 1.54) is 11.3 Å². The zero-order chi connectivity index (χ0) is 8.43. The van der Waals surface area contributed by atoms with Gasteiger partial charge in [-0.1, -0.05) is 0 Å². The van der Waals surface area contributed by atoms with Crippen LogP contribution in [-0.4, -0.2) is 6.43 Å². The maximum absolute atomic E-state index is 12.0. The zero-order valence-corrected chi connectivity index (χ0v) is 6.87. The lowest BCUT2D eigenvalue weighted by Crippen LogP contribution is -2.17. The third kappa shape index (κ3) is 1.97. The highest BCUT2D eigenvalue weighted by Gasteiger charge is 2.18. The number of alkyl halides is 2. The number of aryl methyl sites for hydroxylation is 1. The topological polar surface area (TPSA) is 26.0 Å². The smallest absolute Gasteiger partial charge is 0.258 e. The number of hydrogen-bond acceptors (Lipinski definition) is 2. The van der Waals surface area contributed by atoms with Gasteiger partial charge in [-0.15, -0.1) is 11.3 Å². The molecule has 4 heteroatoms. The van der Waals surface area contributed by atoms with Gasteiger partial charge in [-0.2, -0.15) is 0 Å². The summed E-state index contributed by atoms with van der Waals surface area (Å²) in [5.41, 5.74) is 5.21. The highest BCUT2D eigenvalue weighted by Crippen LogP contribution is 2.24. The summed E-state index contributed by atoms with van der Waals surface area (Å²) in [4.78, 5) is 1.56. The van der Waals surface area contributed by atoms with E-state index in [4.69, 9.17) is 5.73 Å². The van der Waals surface area contributed by atoms with Gasteiger partial charge in [0.15, 0.2) is 0 Å². The number of thiophene rings is 1. The van der Waals surface area contributed by atoms with E-state index in [-0.39, 0.29) is 0 Å². The lowest BCUT2D eigenvalue weighted by atomic mass is 10.3. The van der Waals surface area contributed by atoms with Gasteiger partial charge in [0, 0.05) is 9.75 Å². The predicted octanol–water partition coefficient (Wildman–Crippen LogP) is 2.32. The van der Waals surface area contributed by atoms with E-state index < -0.39 is 12.5 Å². The van der Waals surface area contributed by atoms with Gasteiger partial charge in [-0.3, -0.25) is 0 Å². The SMILES string of the molecule is Cc1ccc(C(N)C(F)F)s1. The Morgan fingerprint density at radius 3 is 2.45 bits per heavy atom. The Bertz CT molecular complexity index is 234. The molecule has 2 N–H and O–H groups in total. The Hall–Kier alpha value is -0.480. The zero-order valence-electron chi connectivity index (χ0n) is 6.05. The molecule has 1 unspecified atom stereocenters. The van der Waals surface area contributed by atoms with Crippen LogP contribution in [0.2, 0.25) is 0 Å². The maximum atomic E-state index is 12.0. The summed E-state index contributed by atoms with van der Waals surface area (Å²) in [5, 5.41) is 0. The van der Waals surface area contributed by atoms with E-state index in [1.54, 1.807) is 12.1 Å². The van der Waals surface area contributed by atoms with Crippen molar-refractivity contribution in [2.24, 2.45) is 5.73 Å². The summed E-state index contributed by atoms with van der Waals surface area (Å²) < 4.78 is 24.0. The Morgan fingerprint density at radius 1 is 1.45 bits per heavy atom. The van der Waals surface area contributed by atoms with E-state index in [0.717, 1.165) is 4.88 Å². The second-order valence-corrected chi connectivity index (χ2v) is 3.63. The summed E-state index contributed by atoms with van der Waals surface area (Å²) >= 11 is 1.32. The normalized spacial score (nSPS) is 13.9. The van der Waals surface area contributed by atoms with Gasteiger partial charge >= 0.3 is 0 Å². The average Bonchev–Trinajstić information content (AvgIpc) is 2.34. The molecule has 1 aromatic heterocycles. The fourth-order valence-electron chi connectivity index (χ4n) is 0.757. The van der Waals surface area contributed by atoms with Crippen molar-refractivity contribution in [1.82, 2.24) is 0 Å². The second-order valence-electron chi connectivity index (χ2n) is 2.31. The summed E-state index contributed by atoms with van der Waals surface area (Å²) in [6.45, 7) is 1.87. The number of halogens is 2. The van der Waals surface area contributed by atoms with E-state index in [2.05, 4.69) is 0 Å². The molecule has 1 aromatic rings. The van der Waals surface area contributed by atoms with E-state index in [9.17, 15) is 8.78 Å². The standard InChI is InChI=1S/C7H9F2NS/c1-4-2-3-5(11-4)6(10)7(8)9/h2-3,6-7H,10H2,1H3. The highest BCUT2D eigenvalue weighted by atomic mass is 32.1. The molecule has 0 amide bonds. The van der Waals surface area contributed by atoms with Gasteiger partial charge in [0.1, 0.15) is 6.04 Å². The van der Waals surface area contributed by atoms with Crippen molar-refractivity contribution in [2.45, 2.75) is 19.4 Å². The molecule has 0 aliphatic carbocycles. The molecular weight excluding hydrogens is 168 g/mol. The van der Waals surface area contributed by atoms with Crippen molar-refractivity contribution < 1.29 is 8.78 Å². The largest absolute Gasteiger partial charge is 0.319 e. The minimum atomic E-state index is -2.46. The molecule has 0 aliphatic rings. The van der Waals surface area contributed by atoms with Crippen LogP contribution in [0.25, 0.3) is 0 Å². The van der Waals surface area contributed by atoms with Gasteiger partial charge in [0.2, 0.25) is 0 Å². The van der Waals surface area contributed by atoms with Crippen molar-refractivity contribution in [1.29, 1.82) is 0 Å². The quantitative estimate of drug-likeness (QED) is 0.737. The van der Waals surface area contributed by atoms with Crippen LogP contribution in [0.3, 0.4) is 0 Å². The maximum Gasteiger partial charge on any atom is 0.258 e. The number of nitrogens with two attached hydrogens (primary N) is 1. The van der Waals surface area contributed by atoms with E-state index in [0.29, 0.717) is 4.88 Å².